The monoisotopic (exact) mass is 294 g/mol. The molecule has 0 heterocycles. The average molecular weight is 294 g/mol. The number of nitrogens with one attached hydrogen (secondary N) is 1. The fourth-order valence-corrected chi connectivity index (χ4v) is 4.40. The van der Waals surface area contributed by atoms with Crippen molar-refractivity contribution in [3.05, 3.63) is 29.3 Å². The summed E-state index contributed by atoms with van der Waals surface area (Å²) in [6, 6.07) is 5.72. The molecule has 0 aliphatic heterocycles. The van der Waals surface area contributed by atoms with Gasteiger partial charge in [-0.1, -0.05) is 18.9 Å². The van der Waals surface area contributed by atoms with Gasteiger partial charge in [-0.3, -0.25) is 0 Å². The van der Waals surface area contributed by atoms with E-state index in [0.717, 1.165) is 36.9 Å². The van der Waals surface area contributed by atoms with Gasteiger partial charge >= 0.3 is 0 Å². The summed E-state index contributed by atoms with van der Waals surface area (Å²) in [7, 11) is -3.17. The lowest BCUT2D eigenvalue weighted by molar-refractivity contribution is 0.505. The predicted octanol–water partition coefficient (Wildman–Crippen LogP) is 2.37. The Balaban J connectivity index is 1.71. The van der Waals surface area contributed by atoms with E-state index in [0.29, 0.717) is 5.92 Å². The number of anilines is 1. The van der Waals surface area contributed by atoms with Crippen LogP contribution in [-0.2, 0) is 16.4 Å². The maximum atomic E-state index is 12.2. The van der Waals surface area contributed by atoms with Gasteiger partial charge < -0.3 is 5.73 Å². The minimum absolute atomic E-state index is 0.0800. The van der Waals surface area contributed by atoms with Crippen molar-refractivity contribution in [2.45, 2.75) is 44.6 Å². The summed E-state index contributed by atoms with van der Waals surface area (Å²) < 4.78 is 27.2. The zero-order chi connectivity index (χ0) is 14.2. The van der Waals surface area contributed by atoms with E-state index in [1.165, 1.54) is 18.4 Å². The molecule has 3 N–H and O–H groups in total. The van der Waals surface area contributed by atoms with E-state index >= 15 is 0 Å². The normalized spacial score (nSPS) is 22.5. The van der Waals surface area contributed by atoms with Gasteiger partial charge in [-0.05, 0) is 54.9 Å². The SMILES string of the molecule is Nc1ccc2c(c1)CCCC2NS(=O)(=O)CCC1CC1. The van der Waals surface area contributed by atoms with Crippen LogP contribution >= 0.6 is 0 Å². The highest BCUT2D eigenvalue weighted by molar-refractivity contribution is 7.89. The van der Waals surface area contributed by atoms with Crippen LogP contribution in [0.1, 0.15) is 49.3 Å². The van der Waals surface area contributed by atoms with Crippen molar-refractivity contribution < 1.29 is 8.42 Å². The van der Waals surface area contributed by atoms with Crippen molar-refractivity contribution >= 4 is 15.7 Å². The first kappa shape index (κ1) is 13.9. The van der Waals surface area contributed by atoms with Gasteiger partial charge in [-0.25, -0.2) is 13.1 Å². The van der Waals surface area contributed by atoms with Gasteiger partial charge in [0.1, 0.15) is 0 Å². The third kappa shape index (κ3) is 3.33. The van der Waals surface area contributed by atoms with Crippen LogP contribution in [0.2, 0.25) is 0 Å². The van der Waals surface area contributed by atoms with E-state index in [1.54, 1.807) is 0 Å². The fourth-order valence-electron chi connectivity index (χ4n) is 2.96. The topological polar surface area (TPSA) is 72.2 Å². The van der Waals surface area contributed by atoms with Gasteiger partial charge in [0.15, 0.2) is 0 Å². The molecule has 1 aromatic carbocycles. The van der Waals surface area contributed by atoms with E-state index < -0.39 is 10.0 Å². The van der Waals surface area contributed by atoms with Gasteiger partial charge in [0.2, 0.25) is 10.0 Å². The molecule has 1 fully saturated rings. The summed E-state index contributed by atoms with van der Waals surface area (Å²) >= 11 is 0. The minimum Gasteiger partial charge on any atom is -0.399 e. The molecule has 0 radical (unpaired) electrons. The number of nitrogen functional groups attached to an aromatic ring is 1. The van der Waals surface area contributed by atoms with Gasteiger partial charge in [0, 0.05) is 11.7 Å². The standard InChI is InChI=1S/C15H22N2O2S/c16-13-6-7-14-12(10-13)2-1-3-15(14)17-20(18,19)9-8-11-4-5-11/h6-7,10-11,15,17H,1-5,8-9,16H2. The smallest absolute Gasteiger partial charge is 0.212 e. The molecule has 1 unspecified atom stereocenters. The highest BCUT2D eigenvalue weighted by atomic mass is 32.2. The van der Waals surface area contributed by atoms with Crippen LogP contribution in [0.15, 0.2) is 18.2 Å². The molecule has 3 rings (SSSR count). The van der Waals surface area contributed by atoms with Crippen LogP contribution in [0.5, 0.6) is 0 Å². The van der Waals surface area contributed by atoms with Crippen LogP contribution < -0.4 is 10.5 Å². The summed E-state index contributed by atoms with van der Waals surface area (Å²) in [5, 5.41) is 0. The Morgan fingerprint density at radius 1 is 1.25 bits per heavy atom. The molecule has 0 amide bonds. The van der Waals surface area contributed by atoms with Crippen LogP contribution in [0, 0.1) is 5.92 Å². The zero-order valence-corrected chi connectivity index (χ0v) is 12.5. The quantitative estimate of drug-likeness (QED) is 0.819. The maximum absolute atomic E-state index is 12.2. The van der Waals surface area contributed by atoms with Crippen LogP contribution in [0.25, 0.3) is 0 Å². The Hall–Kier alpha value is -1.07. The molecule has 4 nitrogen and oxygen atoms in total. The van der Waals surface area contributed by atoms with Gasteiger partial charge in [0.05, 0.1) is 5.75 Å². The first-order chi connectivity index (χ1) is 9.53. The van der Waals surface area contributed by atoms with E-state index in [1.807, 2.05) is 18.2 Å². The Labute approximate surface area is 120 Å². The van der Waals surface area contributed by atoms with Gasteiger partial charge in [-0.15, -0.1) is 0 Å². The fraction of sp³-hybridized carbons (Fsp3) is 0.600. The highest BCUT2D eigenvalue weighted by Gasteiger charge is 2.27. The molecular weight excluding hydrogens is 272 g/mol. The number of sulfonamides is 1. The zero-order valence-electron chi connectivity index (χ0n) is 11.6. The third-order valence-electron chi connectivity index (χ3n) is 4.29. The molecule has 0 saturated heterocycles. The predicted molar refractivity (Wildman–Crippen MR) is 80.8 cm³/mol. The first-order valence-electron chi connectivity index (χ1n) is 7.42. The van der Waals surface area contributed by atoms with Crippen molar-refractivity contribution in [1.82, 2.24) is 4.72 Å². The second-order valence-electron chi connectivity index (χ2n) is 6.07. The molecular formula is C15H22N2O2S. The number of rotatable bonds is 5. The number of benzene rings is 1. The number of hydrogen-bond acceptors (Lipinski definition) is 3. The second kappa shape index (κ2) is 5.37. The van der Waals surface area contributed by atoms with E-state index in [2.05, 4.69) is 4.72 Å². The third-order valence-corrected chi connectivity index (χ3v) is 5.71. The maximum Gasteiger partial charge on any atom is 0.212 e. The summed E-state index contributed by atoms with van der Waals surface area (Å²) in [5.41, 5.74) is 8.84. The molecule has 1 aromatic rings. The second-order valence-corrected chi connectivity index (χ2v) is 7.95. The number of aryl methyl sites for hydroxylation is 1. The molecule has 0 bridgehead atoms. The van der Waals surface area contributed by atoms with E-state index in [-0.39, 0.29) is 11.8 Å². The largest absolute Gasteiger partial charge is 0.399 e. The van der Waals surface area contributed by atoms with Crippen molar-refractivity contribution in [2.24, 2.45) is 5.92 Å². The molecule has 2 aliphatic rings. The molecule has 0 spiro atoms. The highest BCUT2D eigenvalue weighted by Crippen LogP contribution is 2.34. The molecule has 2 aliphatic carbocycles. The average Bonchev–Trinajstić information content (AvgIpc) is 3.20. The Kier molecular flexibility index (Phi) is 3.73. The number of fused-ring (bicyclic) bond motifs is 1. The molecule has 110 valence electrons. The lowest BCUT2D eigenvalue weighted by Gasteiger charge is -2.26. The van der Waals surface area contributed by atoms with E-state index in [9.17, 15) is 8.42 Å². The summed E-state index contributed by atoms with van der Waals surface area (Å²) in [6.07, 6.45) is 6.06. The summed E-state index contributed by atoms with van der Waals surface area (Å²) in [4.78, 5) is 0. The number of nitrogens with two attached hydrogens (primary N) is 1. The van der Waals surface area contributed by atoms with Crippen molar-refractivity contribution in [3.63, 3.8) is 0 Å². The van der Waals surface area contributed by atoms with Gasteiger partial charge in [-0.2, -0.15) is 0 Å². The van der Waals surface area contributed by atoms with E-state index in [4.69, 9.17) is 5.73 Å². The Morgan fingerprint density at radius 2 is 2.05 bits per heavy atom. The van der Waals surface area contributed by atoms with Crippen LogP contribution in [0.3, 0.4) is 0 Å². The van der Waals surface area contributed by atoms with Crippen molar-refractivity contribution in [2.75, 3.05) is 11.5 Å². The lowest BCUT2D eigenvalue weighted by Crippen LogP contribution is -2.33. The first-order valence-corrected chi connectivity index (χ1v) is 9.07. The van der Waals surface area contributed by atoms with Crippen molar-refractivity contribution in [3.8, 4) is 0 Å². The molecule has 1 atom stereocenters. The molecule has 20 heavy (non-hydrogen) atoms. The summed E-state index contributed by atoms with van der Waals surface area (Å²) in [6.45, 7) is 0. The number of hydrogen-bond donors (Lipinski definition) is 2. The Morgan fingerprint density at radius 3 is 2.80 bits per heavy atom. The molecule has 0 aromatic heterocycles. The molecule has 5 heteroatoms. The van der Waals surface area contributed by atoms with Crippen molar-refractivity contribution in [1.29, 1.82) is 0 Å². The summed E-state index contributed by atoms with van der Waals surface area (Å²) in [5.74, 6) is 0.906. The van der Waals surface area contributed by atoms with Crippen LogP contribution in [-0.4, -0.2) is 14.2 Å². The minimum atomic E-state index is -3.17. The van der Waals surface area contributed by atoms with Gasteiger partial charge in [0.25, 0.3) is 0 Å². The van der Waals surface area contributed by atoms with Crippen LogP contribution in [0.4, 0.5) is 5.69 Å². The Bertz CT molecular complexity index is 594. The lowest BCUT2D eigenvalue weighted by atomic mass is 9.88. The molecule has 1 saturated carbocycles.